The first-order valence-corrected chi connectivity index (χ1v) is 7.93. The smallest absolute Gasteiger partial charge is 0.107 e. The van der Waals surface area contributed by atoms with Crippen molar-refractivity contribution in [1.29, 1.82) is 0 Å². The highest BCUT2D eigenvalue weighted by Gasteiger charge is 2.40. The zero-order valence-corrected chi connectivity index (χ0v) is 13.4. The number of methoxy groups -OCH3 is 1. The molecule has 0 bridgehead atoms. The predicted molar refractivity (Wildman–Crippen MR) is 88.1 cm³/mol. The molecule has 118 valence electrons. The Hall–Kier alpha value is -1.42. The first kappa shape index (κ1) is 15.5. The van der Waals surface area contributed by atoms with Crippen LogP contribution in [-0.2, 0) is 9.47 Å². The summed E-state index contributed by atoms with van der Waals surface area (Å²) in [6, 6.07) is 14.8. The minimum atomic E-state index is -0.602. The fraction of sp³-hybridized carbons (Fsp3) is 0.474. The van der Waals surface area contributed by atoms with Crippen molar-refractivity contribution >= 4 is 10.8 Å². The van der Waals surface area contributed by atoms with E-state index in [1.165, 1.54) is 16.3 Å². The van der Waals surface area contributed by atoms with Gasteiger partial charge >= 0.3 is 0 Å². The van der Waals surface area contributed by atoms with Crippen LogP contribution in [0.1, 0.15) is 25.3 Å². The average Bonchev–Trinajstić information content (AvgIpc) is 2.54. The third kappa shape index (κ3) is 2.76. The number of benzene rings is 2. The molecule has 1 aliphatic heterocycles. The largest absolute Gasteiger partial charge is 0.388 e. The van der Waals surface area contributed by atoms with Gasteiger partial charge in [-0.3, -0.25) is 0 Å². The van der Waals surface area contributed by atoms with Gasteiger partial charge < -0.3 is 14.6 Å². The molecule has 3 nitrogen and oxygen atoms in total. The van der Waals surface area contributed by atoms with Gasteiger partial charge in [0.15, 0.2) is 0 Å². The summed E-state index contributed by atoms with van der Waals surface area (Å²) in [5.74, 6) is 0.324. The number of hydrogen-bond donors (Lipinski definition) is 1. The van der Waals surface area contributed by atoms with Crippen LogP contribution in [0.4, 0.5) is 0 Å². The van der Waals surface area contributed by atoms with Gasteiger partial charge in [0.1, 0.15) is 6.10 Å². The van der Waals surface area contributed by atoms with Gasteiger partial charge in [0.2, 0.25) is 0 Å². The molecule has 1 fully saturated rings. The molecule has 3 heteroatoms. The van der Waals surface area contributed by atoms with E-state index >= 15 is 0 Å². The van der Waals surface area contributed by atoms with Gasteiger partial charge in [-0.05, 0) is 16.3 Å². The van der Waals surface area contributed by atoms with Gasteiger partial charge in [-0.15, -0.1) is 0 Å². The summed E-state index contributed by atoms with van der Waals surface area (Å²) in [5.41, 5.74) is 1.19. The third-order valence-corrected chi connectivity index (χ3v) is 4.85. The van der Waals surface area contributed by atoms with Crippen molar-refractivity contribution in [2.45, 2.75) is 38.1 Å². The first-order chi connectivity index (χ1) is 10.6. The molecule has 1 N–H and O–H groups in total. The van der Waals surface area contributed by atoms with E-state index in [-0.39, 0.29) is 24.0 Å². The lowest BCUT2D eigenvalue weighted by Crippen LogP contribution is -2.51. The van der Waals surface area contributed by atoms with E-state index in [2.05, 4.69) is 37.3 Å². The van der Waals surface area contributed by atoms with Crippen LogP contribution in [0.5, 0.6) is 0 Å². The second-order valence-corrected chi connectivity index (χ2v) is 6.36. The van der Waals surface area contributed by atoms with Gasteiger partial charge in [-0.1, -0.05) is 56.3 Å². The Labute approximate surface area is 131 Å². The topological polar surface area (TPSA) is 38.7 Å². The molecule has 5 atom stereocenters. The molecular weight excluding hydrogens is 276 g/mol. The van der Waals surface area contributed by atoms with Crippen LogP contribution >= 0.6 is 0 Å². The van der Waals surface area contributed by atoms with E-state index in [4.69, 9.17) is 9.47 Å². The van der Waals surface area contributed by atoms with Crippen LogP contribution in [0.25, 0.3) is 10.8 Å². The van der Waals surface area contributed by atoms with Crippen molar-refractivity contribution in [2.24, 2.45) is 5.92 Å². The minimum Gasteiger partial charge on any atom is -0.388 e. The van der Waals surface area contributed by atoms with Crippen molar-refractivity contribution in [1.82, 2.24) is 0 Å². The number of aliphatic hydroxyl groups is 1. The van der Waals surface area contributed by atoms with E-state index < -0.39 is 6.10 Å². The quantitative estimate of drug-likeness (QED) is 0.944. The molecule has 0 aliphatic carbocycles. The van der Waals surface area contributed by atoms with Gasteiger partial charge in [-0.25, -0.2) is 0 Å². The van der Waals surface area contributed by atoms with Crippen molar-refractivity contribution in [3.8, 4) is 0 Å². The van der Waals surface area contributed by atoms with Crippen molar-refractivity contribution in [3.05, 3.63) is 48.0 Å². The molecule has 1 saturated heterocycles. The second kappa shape index (κ2) is 6.37. The summed E-state index contributed by atoms with van der Waals surface area (Å²) in [6.45, 7) is 4.78. The molecule has 2 aromatic rings. The predicted octanol–water partition coefficient (Wildman–Crippen LogP) is 3.35. The molecular formula is C19H24O3. The van der Waals surface area contributed by atoms with Crippen molar-refractivity contribution < 1.29 is 14.6 Å². The number of rotatable bonds is 3. The molecule has 0 radical (unpaired) electrons. The van der Waals surface area contributed by atoms with Crippen LogP contribution in [0.15, 0.2) is 42.5 Å². The number of fused-ring (bicyclic) bond motifs is 1. The maximum atomic E-state index is 10.6. The van der Waals surface area contributed by atoms with E-state index in [0.29, 0.717) is 6.61 Å². The van der Waals surface area contributed by atoms with Crippen LogP contribution < -0.4 is 0 Å². The molecule has 2 aromatic carbocycles. The number of hydrogen-bond acceptors (Lipinski definition) is 3. The summed E-state index contributed by atoms with van der Waals surface area (Å²) in [5, 5.41) is 13.0. The van der Waals surface area contributed by atoms with Crippen LogP contribution in [-0.4, -0.2) is 37.1 Å². The highest BCUT2D eigenvalue weighted by molar-refractivity contribution is 5.83. The second-order valence-electron chi connectivity index (χ2n) is 6.36. The highest BCUT2D eigenvalue weighted by atomic mass is 16.5. The minimum absolute atomic E-state index is 0.116. The van der Waals surface area contributed by atoms with Gasteiger partial charge in [-0.2, -0.15) is 0 Å². The van der Waals surface area contributed by atoms with Crippen LogP contribution in [0, 0.1) is 5.92 Å². The van der Waals surface area contributed by atoms with E-state index in [0.717, 1.165) is 0 Å². The Morgan fingerprint density at radius 1 is 1.18 bits per heavy atom. The van der Waals surface area contributed by atoms with Gasteiger partial charge in [0, 0.05) is 18.9 Å². The Kier molecular flexibility index (Phi) is 4.48. The maximum Gasteiger partial charge on any atom is 0.107 e. The molecule has 3 rings (SSSR count). The third-order valence-electron chi connectivity index (χ3n) is 4.85. The summed E-state index contributed by atoms with van der Waals surface area (Å²) in [4.78, 5) is 0. The van der Waals surface area contributed by atoms with E-state index in [1.807, 2.05) is 19.1 Å². The monoisotopic (exact) mass is 300 g/mol. The summed E-state index contributed by atoms with van der Waals surface area (Å²) in [6.07, 6.45) is -1.00. The zero-order chi connectivity index (χ0) is 15.7. The summed E-state index contributed by atoms with van der Waals surface area (Å²) >= 11 is 0. The fourth-order valence-electron chi connectivity index (χ4n) is 3.47. The summed E-state index contributed by atoms with van der Waals surface area (Å²) < 4.78 is 11.4. The van der Waals surface area contributed by atoms with Gasteiger partial charge in [0.05, 0.1) is 18.8 Å². The van der Waals surface area contributed by atoms with Gasteiger partial charge in [0.25, 0.3) is 0 Å². The van der Waals surface area contributed by atoms with E-state index in [9.17, 15) is 5.11 Å². The Morgan fingerprint density at radius 2 is 1.91 bits per heavy atom. The van der Waals surface area contributed by atoms with Crippen molar-refractivity contribution in [2.75, 3.05) is 13.7 Å². The molecule has 0 spiro atoms. The lowest BCUT2D eigenvalue weighted by Gasteiger charge is -2.40. The molecule has 22 heavy (non-hydrogen) atoms. The molecule has 1 aliphatic rings. The van der Waals surface area contributed by atoms with Crippen LogP contribution in [0.2, 0.25) is 0 Å². The first-order valence-electron chi connectivity index (χ1n) is 7.93. The Bertz CT molecular complexity index is 639. The lowest BCUT2D eigenvalue weighted by molar-refractivity contribution is -0.175. The van der Waals surface area contributed by atoms with Crippen LogP contribution in [0.3, 0.4) is 0 Å². The number of ether oxygens (including phenoxy) is 2. The average molecular weight is 300 g/mol. The highest BCUT2D eigenvalue weighted by Crippen LogP contribution is 2.33. The fourth-order valence-corrected chi connectivity index (χ4v) is 3.47. The lowest BCUT2D eigenvalue weighted by atomic mass is 9.84. The Morgan fingerprint density at radius 3 is 2.64 bits per heavy atom. The molecule has 0 saturated carbocycles. The number of aliphatic hydroxyl groups excluding tert-OH is 1. The standard InChI is InChI=1S/C19H24O3/c1-12-11-22-19(17(20)18(12)21-3)13(2)15-9-8-14-6-4-5-7-16(14)10-15/h4-10,12-13,17-20H,11H2,1-3H3/t12-,13?,17+,18-,19-/m0/s1. The SMILES string of the molecule is CO[C@@H]1[C@@H](O)[C@H](C(C)c2ccc3ccccc3c2)OC[C@@H]1C. The van der Waals surface area contributed by atoms with Crippen molar-refractivity contribution in [3.63, 3.8) is 0 Å². The Balaban J connectivity index is 1.86. The van der Waals surface area contributed by atoms with E-state index in [1.54, 1.807) is 7.11 Å². The molecule has 0 aromatic heterocycles. The maximum absolute atomic E-state index is 10.6. The molecule has 1 heterocycles. The molecule has 1 unspecified atom stereocenters. The molecule has 0 amide bonds. The summed E-state index contributed by atoms with van der Waals surface area (Å²) in [7, 11) is 1.66. The zero-order valence-electron chi connectivity index (χ0n) is 13.4. The normalized spacial score (nSPS) is 30.4.